The zero-order chi connectivity index (χ0) is 9.99. The van der Waals surface area contributed by atoms with Gasteiger partial charge < -0.3 is 9.66 Å². The minimum absolute atomic E-state index is 1.21. The summed E-state index contributed by atoms with van der Waals surface area (Å²) < 4.78 is 67.6. The molecule has 3 nitrogen and oxygen atoms in total. The number of rotatable bonds is 4. The van der Waals surface area contributed by atoms with Crippen molar-refractivity contribution in [2.75, 3.05) is 6.61 Å². The Kier molecular flexibility index (Phi) is 3.60. The second-order valence-electron chi connectivity index (χ2n) is 1.93. The maximum atomic E-state index is 12.1. The van der Waals surface area contributed by atoms with Crippen molar-refractivity contribution in [3.05, 3.63) is 0 Å². The average molecular weight is 209 g/mol. The lowest BCUT2D eigenvalue weighted by molar-refractivity contribution is -0.165. The van der Waals surface area contributed by atoms with Gasteiger partial charge >= 0.3 is 11.2 Å². The van der Waals surface area contributed by atoms with Crippen molar-refractivity contribution in [1.29, 1.82) is 0 Å². The Balaban J connectivity index is 4.62. The summed E-state index contributed by atoms with van der Waals surface area (Å²) in [6.07, 6.45) is -1.59. The fraction of sp³-hybridized carbons (Fsp3) is 1.00. The molecule has 0 heterocycles. The van der Waals surface area contributed by atoms with E-state index < -0.39 is 35.3 Å². The van der Waals surface area contributed by atoms with Crippen molar-refractivity contribution < 1.29 is 31.4 Å². The van der Waals surface area contributed by atoms with Crippen LogP contribution in [0.4, 0.5) is 17.6 Å². The lowest BCUT2D eigenvalue weighted by Gasteiger charge is -2.27. The Hall–Kier alpha value is -0.210. The molecule has 12 heavy (non-hydrogen) atoms. The first-order valence-corrected chi connectivity index (χ1v) is 3.79. The molecule has 0 aliphatic heterocycles. The molecular weight excluding hydrogens is 204 g/mol. The van der Waals surface area contributed by atoms with Gasteiger partial charge in [0.05, 0.1) is 0 Å². The normalized spacial score (nSPS) is 16.2. The molecule has 0 aliphatic carbocycles. The minimum atomic E-state index is -5.13. The fourth-order valence-electron chi connectivity index (χ4n) is 0.408. The van der Waals surface area contributed by atoms with Crippen LogP contribution < -0.4 is 0 Å². The molecule has 1 unspecified atom stereocenters. The van der Waals surface area contributed by atoms with Gasteiger partial charge in [-0.3, -0.25) is 4.21 Å². The van der Waals surface area contributed by atoms with E-state index in [9.17, 15) is 26.3 Å². The van der Waals surface area contributed by atoms with Gasteiger partial charge in [0.25, 0.3) is 0 Å². The quantitative estimate of drug-likeness (QED) is 0.541. The van der Waals surface area contributed by atoms with Crippen LogP contribution >= 0.6 is 0 Å². The highest BCUT2D eigenvalue weighted by Gasteiger charge is 2.56. The van der Waals surface area contributed by atoms with Crippen LogP contribution in [0.15, 0.2) is 0 Å². The van der Waals surface area contributed by atoms with Crippen LogP contribution in [0.5, 0.6) is 0 Å². The Morgan fingerprint density at radius 1 is 1.33 bits per heavy atom. The maximum Gasteiger partial charge on any atom is 0.371 e. The van der Waals surface area contributed by atoms with E-state index >= 15 is 0 Å². The Labute approximate surface area is 67.7 Å². The van der Waals surface area contributed by atoms with Crippen LogP contribution in [-0.4, -0.2) is 31.7 Å². The van der Waals surface area contributed by atoms with Crippen LogP contribution in [0.25, 0.3) is 0 Å². The van der Waals surface area contributed by atoms with E-state index in [1.807, 2.05) is 0 Å². The SMILES string of the molecule is O=S([O-])C(F)(F)C(F)(F)CCO. The number of hydrogen-bond acceptors (Lipinski definition) is 3. The average Bonchev–Trinajstić information content (AvgIpc) is 1.86. The molecule has 0 saturated carbocycles. The summed E-state index contributed by atoms with van der Waals surface area (Å²) in [5.41, 5.74) is 0. The zero-order valence-electron chi connectivity index (χ0n) is 5.60. The summed E-state index contributed by atoms with van der Waals surface area (Å²) in [4.78, 5) is 0. The van der Waals surface area contributed by atoms with Crippen molar-refractivity contribution in [1.82, 2.24) is 0 Å². The molecule has 0 aromatic heterocycles. The molecule has 0 fully saturated rings. The van der Waals surface area contributed by atoms with Crippen LogP contribution in [-0.2, 0) is 11.1 Å². The predicted molar refractivity (Wildman–Crippen MR) is 30.5 cm³/mol. The number of aliphatic hydroxyl groups is 1. The molecule has 0 spiro atoms. The van der Waals surface area contributed by atoms with Crippen molar-refractivity contribution >= 4 is 11.1 Å². The molecule has 1 atom stereocenters. The Morgan fingerprint density at radius 2 is 1.75 bits per heavy atom. The second-order valence-corrected chi connectivity index (χ2v) is 2.91. The third-order valence-electron chi connectivity index (χ3n) is 1.06. The van der Waals surface area contributed by atoms with Gasteiger partial charge in [-0.25, -0.2) is 0 Å². The summed E-state index contributed by atoms with van der Waals surface area (Å²) in [5.74, 6) is -4.73. The van der Waals surface area contributed by atoms with E-state index in [4.69, 9.17) is 5.11 Å². The van der Waals surface area contributed by atoms with Gasteiger partial charge in [0.2, 0.25) is 0 Å². The fourth-order valence-corrected chi connectivity index (χ4v) is 0.754. The lowest BCUT2D eigenvalue weighted by atomic mass is 10.2. The van der Waals surface area contributed by atoms with Crippen LogP contribution in [0, 0.1) is 0 Å². The summed E-state index contributed by atoms with van der Waals surface area (Å²) in [6, 6.07) is 0. The molecule has 74 valence electrons. The van der Waals surface area contributed by atoms with Gasteiger partial charge in [-0.05, 0) is 0 Å². The summed E-state index contributed by atoms with van der Waals surface area (Å²) in [7, 11) is 0. The maximum absolute atomic E-state index is 12.1. The van der Waals surface area contributed by atoms with E-state index in [0.29, 0.717) is 0 Å². The second kappa shape index (κ2) is 3.67. The first-order chi connectivity index (χ1) is 5.25. The van der Waals surface area contributed by atoms with Crippen molar-refractivity contribution in [2.24, 2.45) is 0 Å². The molecule has 8 heteroatoms. The van der Waals surface area contributed by atoms with E-state index in [1.54, 1.807) is 0 Å². The first-order valence-electron chi connectivity index (χ1n) is 2.71. The third kappa shape index (κ3) is 2.14. The van der Waals surface area contributed by atoms with E-state index in [2.05, 4.69) is 0 Å². The predicted octanol–water partition coefficient (Wildman–Crippen LogP) is 0.476. The van der Waals surface area contributed by atoms with Crippen molar-refractivity contribution in [2.45, 2.75) is 17.6 Å². The topological polar surface area (TPSA) is 60.4 Å². The lowest BCUT2D eigenvalue weighted by Crippen LogP contribution is -2.44. The molecule has 0 amide bonds. The molecule has 0 aromatic carbocycles. The monoisotopic (exact) mass is 209 g/mol. The molecule has 1 N–H and O–H groups in total. The summed E-state index contributed by atoms with van der Waals surface area (Å²) in [5, 5.41) is 2.80. The highest BCUT2D eigenvalue weighted by atomic mass is 32.2. The van der Waals surface area contributed by atoms with Gasteiger partial charge in [0.15, 0.2) is 0 Å². The van der Waals surface area contributed by atoms with E-state index in [0.717, 1.165) is 0 Å². The summed E-state index contributed by atoms with van der Waals surface area (Å²) in [6.45, 7) is -1.21. The first kappa shape index (κ1) is 11.8. The van der Waals surface area contributed by atoms with Crippen LogP contribution in [0.1, 0.15) is 6.42 Å². The molecule has 0 bridgehead atoms. The van der Waals surface area contributed by atoms with Crippen molar-refractivity contribution in [3.8, 4) is 0 Å². The third-order valence-corrected chi connectivity index (χ3v) is 1.78. The van der Waals surface area contributed by atoms with Crippen LogP contribution in [0.3, 0.4) is 0 Å². The highest BCUT2D eigenvalue weighted by Crippen LogP contribution is 2.38. The van der Waals surface area contributed by atoms with Gasteiger partial charge in [-0.2, -0.15) is 17.6 Å². The Morgan fingerprint density at radius 3 is 2.00 bits per heavy atom. The Bertz CT molecular complexity index is 183. The highest BCUT2D eigenvalue weighted by molar-refractivity contribution is 7.80. The van der Waals surface area contributed by atoms with E-state index in [-0.39, 0.29) is 0 Å². The number of aliphatic hydroxyl groups excluding tert-OH is 1. The van der Waals surface area contributed by atoms with Gasteiger partial charge in [-0.1, -0.05) is 0 Å². The number of halogens is 4. The molecule has 0 rings (SSSR count). The molecule has 0 aliphatic rings. The van der Waals surface area contributed by atoms with Gasteiger partial charge in [0, 0.05) is 24.1 Å². The molecule has 0 aromatic rings. The van der Waals surface area contributed by atoms with Crippen LogP contribution in [0.2, 0.25) is 0 Å². The molecular formula is C4H5F4O3S-. The largest absolute Gasteiger partial charge is 0.768 e. The molecule has 0 saturated heterocycles. The standard InChI is InChI=1S/C4H6F4O3S/c5-3(6,1-2-9)4(7,8)12(10)11/h9H,1-2H2,(H,10,11)/p-1. The van der Waals surface area contributed by atoms with E-state index in [1.165, 1.54) is 0 Å². The number of hydrogen-bond donors (Lipinski definition) is 1. The smallest absolute Gasteiger partial charge is 0.371 e. The number of alkyl halides is 4. The van der Waals surface area contributed by atoms with Crippen molar-refractivity contribution in [3.63, 3.8) is 0 Å². The van der Waals surface area contributed by atoms with Gasteiger partial charge in [0.1, 0.15) is 0 Å². The molecule has 0 radical (unpaired) electrons. The van der Waals surface area contributed by atoms with Gasteiger partial charge in [-0.15, -0.1) is 0 Å². The summed E-state index contributed by atoms with van der Waals surface area (Å²) >= 11 is -4.19. The zero-order valence-corrected chi connectivity index (χ0v) is 6.41. The minimum Gasteiger partial charge on any atom is -0.768 e.